The molecule has 0 amide bonds. The molecule has 0 N–H and O–H groups in total. The highest BCUT2D eigenvalue weighted by atomic mass is 16.6. The molecule has 2 heterocycles. The Morgan fingerprint density at radius 2 is 1.82 bits per heavy atom. The van der Waals surface area contributed by atoms with Crippen LogP contribution in [0.4, 0.5) is 0 Å². The van der Waals surface area contributed by atoms with E-state index in [1.54, 1.807) is 30.3 Å². The molecule has 7 nitrogen and oxygen atoms in total. The first kappa shape index (κ1) is 21.3. The Balaban J connectivity index is 1.37. The second-order valence-electron chi connectivity index (χ2n) is 7.45. The predicted molar refractivity (Wildman–Crippen MR) is 125 cm³/mol. The number of carbonyl (C=O) groups is 2. The maximum absolute atomic E-state index is 12.8. The van der Waals surface area contributed by atoms with Crippen molar-refractivity contribution in [2.75, 3.05) is 13.7 Å². The van der Waals surface area contributed by atoms with Gasteiger partial charge in [-0.2, -0.15) is 0 Å². The fraction of sp³-hybridized carbons (Fsp3) is 0.111. The summed E-state index contributed by atoms with van der Waals surface area (Å²) in [4.78, 5) is 25.5. The number of para-hydroxylation sites is 2. The highest BCUT2D eigenvalue weighted by molar-refractivity contribution is 6.14. The van der Waals surface area contributed by atoms with E-state index >= 15 is 0 Å². The summed E-state index contributed by atoms with van der Waals surface area (Å²) < 4.78 is 27.8. The molecule has 0 aliphatic carbocycles. The van der Waals surface area contributed by atoms with Crippen LogP contribution in [0.3, 0.4) is 0 Å². The van der Waals surface area contributed by atoms with Crippen LogP contribution >= 0.6 is 0 Å². The van der Waals surface area contributed by atoms with Crippen molar-refractivity contribution in [3.05, 3.63) is 89.4 Å². The normalized spacial score (nSPS) is 13.6. The molecule has 4 aromatic rings. The van der Waals surface area contributed by atoms with Crippen molar-refractivity contribution in [2.45, 2.75) is 6.92 Å². The van der Waals surface area contributed by atoms with Crippen LogP contribution in [0.25, 0.3) is 17.0 Å². The minimum absolute atomic E-state index is 0.0325. The number of Topliss-reactive ketones (excluding diaryl/α,β-unsaturated/α-hetero) is 1. The average Bonchev–Trinajstić information content (AvgIpc) is 3.42. The van der Waals surface area contributed by atoms with Crippen molar-refractivity contribution in [2.24, 2.45) is 0 Å². The Labute approximate surface area is 195 Å². The smallest absolute Gasteiger partial charge is 0.379 e. The van der Waals surface area contributed by atoms with E-state index < -0.39 is 5.97 Å². The standard InChI is InChI=1S/C27H20O7/c1-3-31-20-9-5-4-7-16(20)13-23-25(28)19-12-11-18(15-22(19)33-23)32-27(29)24-14-17-8-6-10-21(30-2)26(17)34-24/h4-15H,3H2,1-2H3/b23-13-. The third kappa shape index (κ3) is 3.88. The summed E-state index contributed by atoms with van der Waals surface area (Å²) in [6.07, 6.45) is 1.64. The number of rotatable bonds is 6. The number of hydrogen-bond donors (Lipinski definition) is 0. The second-order valence-corrected chi connectivity index (χ2v) is 7.45. The molecule has 34 heavy (non-hydrogen) atoms. The number of carbonyl (C=O) groups excluding carboxylic acids is 2. The van der Waals surface area contributed by atoms with Gasteiger partial charge in [0.2, 0.25) is 11.5 Å². The Hall–Kier alpha value is -4.52. The average molecular weight is 456 g/mol. The zero-order chi connectivity index (χ0) is 23.7. The summed E-state index contributed by atoms with van der Waals surface area (Å²) in [5, 5.41) is 0.719. The SMILES string of the molecule is CCOc1ccccc1/C=C1\Oc2cc(OC(=O)c3cc4cccc(OC)c4o3)ccc2C1=O. The maximum atomic E-state index is 12.8. The van der Waals surface area contributed by atoms with Gasteiger partial charge in [-0.1, -0.05) is 30.3 Å². The van der Waals surface area contributed by atoms with E-state index in [2.05, 4.69) is 0 Å². The lowest BCUT2D eigenvalue weighted by Crippen LogP contribution is -2.07. The molecule has 0 unspecified atom stereocenters. The lowest BCUT2D eigenvalue weighted by atomic mass is 10.1. The van der Waals surface area contributed by atoms with E-state index in [-0.39, 0.29) is 23.1 Å². The van der Waals surface area contributed by atoms with Gasteiger partial charge in [0.25, 0.3) is 0 Å². The van der Waals surface area contributed by atoms with Gasteiger partial charge in [-0.05, 0) is 43.3 Å². The molecule has 0 fully saturated rings. The van der Waals surface area contributed by atoms with Crippen LogP contribution in [0.15, 0.2) is 76.9 Å². The van der Waals surface area contributed by atoms with E-state index in [0.717, 1.165) is 10.9 Å². The molecule has 0 radical (unpaired) electrons. The first-order chi connectivity index (χ1) is 16.6. The first-order valence-corrected chi connectivity index (χ1v) is 10.7. The monoisotopic (exact) mass is 456 g/mol. The van der Waals surface area contributed by atoms with Crippen LogP contribution in [0.5, 0.6) is 23.0 Å². The number of allylic oxidation sites excluding steroid dienone is 1. The van der Waals surface area contributed by atoms with Crippen molar-refractivity contribution in [1.82, 2.24) is 0 Å². The number of ether oxygens (including phenoxy) is 4. The number of hydrogen-bond acceptors (Lipinski definition) is 7. The van der Waals surface area contributed by atoms with Gasteiger partial charge in [0, 0.05) is 17.0 Å². The minimum Gasteiger partial charge on any atom is -0.493 e. The third-order valence-corrected chi connectivity index (χ3v) is 5.29. The lowest BCUT2D eigenvalue weighted by Gasteiger charge is -2.07. The van der Waals surface area contributed by atoms with Gasteiger partial charge >= 0.3 is 5.97 Å². The molecule has 1 aliphatic heterocycles. The summed E-state index contributed by atoms with van der Waals surface area (Å²) in [6.45, 7) is 2.39. The van der Waals surface area contributed by atoms with Gasteiger partial charge in [0.15, 0.2) is 17.1 Å². The highest BCUT2D eigenvalue weighted by Gasteiger charge is 2.28. The van der Waals surface area contributed by atoms with Crippen molar-refractivity contribution in [3.8, 4) is 23.0 Å². The molecule has 5 rings (SSSR count). The molecule has 0 saturated heterocycles. The molecule has 1 aromatic heterocycles. The van der Waals surface area contributed by atoms with Gasteiger partial charge in [0.1, 0.15) is 17.2 Å². The van der Waals surface area contributed by atoms with E-state index in [1.807, 2.05) is 37.3 Å². The van der Waals surface area contributed by atoms with E-state index in [0.29, 0.717) is 35.0 Å². The van der Waals surface area contributed by atoms with Crippen LogP contribution in [0.2, 0.25) is 0 Å². The van der Waals surface area contributed by atoms with E-state index in [4.69, 9.17) is 23.4 Å². The van der Waals surface area contributed by atoms with Crippen LogP contribution in [-0.4, -0.2) is 25.5 Å². The lowest BCUT2D eigenvalue weighted by molar-refractivity contribution is 0.0703. The van der Waals surface area contributed by atoms with Crippen LogP contribution < -0.4 is 18.9 Å². The summed E-state index contributed by atoms with van der Waals surface area (Å²) in [6, 6.07) is 18.9. The molecule has 0 saturated carbocycles. The second kappa shape index (κ2) is 8.78. The molecule has 0 spiro atoms. The summed E-state index contributed by atoms with van der Waals surface area (Å²) in [5.41, 5.74) is 1.57. The van der Waals surface area contributed by atoms with Crippen LogP contribution in [0, 0.1) is 0 Å². The topological polar surface area (TPSA) is 84.2 Å². The van der Waals surface area contributed by atoms with E-state index in [1.165, 1.54) is 19.2 Å². The van der Waals surface area contributed by atoms with Crippen LogP contribution in [-0.2, 0) is 0 Å². The van der Waals surface area contributed by atoms with Crippen molar-refractivity contribution >= 4 is 28.8 Å². The van der Waals surface area contributed by atoms with Crippen molar-refractivity contribution in [3.63, 3.8) is 0 Å². The zero-order valence-electron chi connectivity index (χ0n) is 18.5. The highest BCUT2D eigenvalue weighted by Crippen LogP contribution is 2.36. The zero-order valence-corrected chi connectivity index (χ0v) is 18.5. The minimum atomic E-state index is -0.677. The number of benzene rings is 3. The quantitative estimate of drug-likeness (QED) is 0.210. The Kier molecular flexibility index (Phi) is 5.51. The fourth-order valence-corrected chi connectivity index (χ4v) is 3.71. The van der Waals surface area contributed by atoms with Gasteiger partial charge in [-0.25, -0.2) is 4.79 Å². The Morgan fingerprint density at radius 1 is 1.00 bits per heavy atom. The molecule has 3 aromatic carbocycles. The van der Waals surface area contributed by atoms with Crippen molar-refractivity contribution < 1.29 is 33.0 Å². The molecule has 170 valence electrons. The Morgan fingerprint density at radius 3 is 2.65 bits per heavy atom. The number of methoxy groups -OCH3 is 1. The van der Waals surface area contributed by atoms with Gasteiger partial charge in [0.05, 0.1) is 19.3 Å². The third-order valence-electron chi connectivity index (χ3n) is 5.29. The molecular weight excluding hydrogens is 436 g/mol. The molecule has 1 aliphatic rings. The molecule has 0 atom stereocenters. The van der Waals surface area contributed by atoms with Crippen LogP contribution in [0.1, 0.15) is 33.4 Å². The van der Waals surface area contributed by atoms with Gasteiger partial charge in [-0.15, -0.1) is 0 Å². The summed E-state index contributed by atoms with van der Waals surface area (Å²) >= 11 is 0. The number of fused-ring (bicyclic) bond motifs is 2. The number of esters is 1. The number of ketones is 1. The first-order valence-electron chi connectivity index (χ1n) is 10.7. The summed E-state index contributed by atoms with van der Waals surface area (Å²) in [5.74, 6) is 0.961. The molecule has 0 bridgehead atoms. The Bertz CT molecular complexity index is 1440. The fourth-order valence-electron chi connectivity index (χ4n) is 3.71. The number of furan rings is 1. The largest absolute Gasteiger partial charge is 0.493 e. The van der Waals surface area contributed by atoms with Crippen molar-refractivity contribution in [1.29, 1.82) is 0 Å². The van der Waals surface area contributed by atoms with Gasteiger partial charge in [-0.3, -0.25) is 4.79 Å². The molecular formula is C27H20O7. The predicted octanol–water partition coefficient (Wildman–Crippen LogP) is 5.68. The van der Waals surface area contributed by atoms with Gasteiger partial charge < -0.3 is 23.4 Å². The van der Waals surface area contributed by atoms with E-state index in [9.17, 15) is 9.59 Å². The molecule has 7 heteroatoms. The summed E-state index contributed by atoms with van der Waals surface area (Å²) in [7, 11) is 1.53. The maximum Gasteiger partial charge on any atom is 0.379 e.